The fourth-order valence-corrected chi connectivity index (χ4v) is 2.16. The molecule has 2 rings (SSSR count). The Morgan fingerprint density at radius 3 is 3.00 bits per heavy atom. The van der Waals surface area contributed by atoms with Gasteiger partial charge in [0.1, 0.15) is 5.82 Å². The zero-order chi connectivity index (χ0) is 10.1. The largest absolute Gasteiger partial charge is 0.361 e. The van der Waals surface area contributed by atoms with Crippen molar-refractivity contribution in [2.75, 3.05) is 0 Å². The van der Waals surface area contributed by atoms with E-state index >= 15 is 0 Å². The first-order valence-corrected chi connectivity index (χ1v) is 4.83. The molecule has 1 aromatic heterocycles. The van der Waals surface area contributed by atoms with E-state index < -0.39 is 0 Å². The fraction of sp³-hybridized carbons (Fsp3) is 0.100. The van der Waals surface area contributed by atoms with Gasteiger partial charge in [0.2, 0.25) is 0 Å². The lowest BCUT2D eigenvalue weighted by Crippen LogP contribution is -1.80. The number of fused-ring (bicyclic) bond motifs is 1. The quantitative estimate of drug-likeness (QED) is 0.833. The highest BCUT2D eigenvalue weighted by Crippen LogP contribution is 2.28. The summed E-state index contributed by atoms with van der Waals surface area (Å²) in [5.74, 6) is -0.297. The van der Waals surface area contributed by atoms with Crippen molar-refractivity contribution in [3.63, 3.8) is 0 Å². The van der Waals surface area contributed by atoms with Crippen LogP contribution in [0.5, 0.6) is 0 Å². The van der Waals surface area contributed by atoms with E-state index in [0.29, 0.717) is 16.4 Å². The maximum atomic E-state index is 13.0. The Balaban J connectivity index is 2.74. The van der Waals surface area contributed by atoms with Gasteiger partial charge in [-0.15, -0.1) is 0 Å². The lowest BCUT2D eigenvalue weighted by Gasteiger charge is -1.97. The molecular weight excluding hydrogens is 247 g/mol. The first-order valence-electron chi connectivity index (χ1n) is 4.04. The first-order chi connectivity index (χ1) is 6.72. The molecule has 1 N–H and O–H groups in total. The van der Waals surface area contributed by atoms with Gasteiger partial charge in [0, 0.05) is 21.6 Å². The minimum atomic E-state index is -0.297. The van der Waals surface area contributed by atoms with Crippen molar-refractivity contribution in [1.82, 2.24) is 4.98 Å². The molecule has 0 fully saturated rings. The van der Waals surface area contributed by atoms with E-state index in [1.54, 1.807) is 6.20 Å². The Hall–Kier alpha value is -1.34. The summed E-state index contributed by atoms with van der Waals surface area (Å²) in [5.41, 5.74) is 1.59. The third-order valence-corrected chi connectivity index (χ3v) is 2.67. The molecule has 14 heavy (non-hydrogen) atoms. The topological polar surface area (TPSA) is 39.6 Å². The molecule has 70 valence electrons. The Labute approximate surface area is 88.5 Å². The Kier molecular flexibility index (Phi) is 2.26. The standard InChI is InChI=1S/C10H6BrFN2/c11-8-3-7(12)4-9-10(8)6(1-2-13)5-14-9/h3-5,14H,1H2. The predicted octanol–water partition coefficient (Wildman–Crippen LogP) is 3.14. The Morgan fingerprint density at radius 2 is 2.29 bits per heavy atom. The Bertz CT molecular complexity index is 525. The second kappa shape index (κ2) is 3.43. The van der Waals surface area contributed by atoms with Gasteiger partial charge in [0.25, 0.3) is 0 Å². The smallest absolute Gasteiger partial charge is 0.126 e. The Morgan fingerprint density at radius 1 is 1.50 bits per heavy atom. The van der Waals surface area contributed by atoms with E-state index in [1.807, 2.05) is 0 Å². The van der Waals surface area contributed by atoms with Crippen molar-refractivity contribution in [1.29, 1.82) is 5.26 Å². The summed E-state index contributed by atoms with van der Waals surface area (Å²) in [7, 11) is 0. The normalized spacial score (nSPS) is 10.4. The third kappa shape index (κ3) is 1.40. The second-order valence-corrected chi connectivity index (χ2v) is 3.81. The SMILES string of the molecule is N#CCc1c[nH]c2cc(F)cc(Br)c12. The van der Waals surface area contributed by atoms with E-state index in [2.05, 4.69) is 27.0 Å². The molecule has 0 aliphatic rings. The molecule has 0 saturated heterocycles. The molecule has 0 saturated carbocycles. The number of rotatable bonds is 1. The summed E-state index contributed by atoms with van der Waals surface area (Å²) in [6, 6.07) is 4.89. The molecule has 0 radical (unpaired) electrons. The van der Waals surface area contributed by atoms with Crippen molar-refractivity contribution < 1.29 is 4.39 Å². The zero-order valence-electron chi connectivity index (χ0n) is 7.14. The molecule has 0 unspecified atom stereocenters. The summed E-state index contributed by atoms with van der Waals surface area (Å²) in [6.45, 7) is 0. The molecule has 1 aromatic carbocycles. The van der Waals surface area contributed by atoms with Crippen molar-refractivity contribution in [3.05, 3.63) is 34.2 Å². The molecule has 2 nitrogen and oxygen atoms in total. The number of H-pyrrole nitrogens is 1. The highest BCUT2D eigenvalue weighted by Gasteiger charge is 2.08. The molecule has 0 bridgehead atoms. The monoisotopic (exact) mass is 252 g/mol. The predicted molar refractivity (Wildman–Crippen MR) is 55.3 cm³/mol. The maximum absolute atomic E-state index is 13.0. The van der Waals surface area contributed by atoms with Gasteiger partial charge < -0.3 is 4.98 Å². The van der Waals surface area contributed by atoms with E-state index in [-0.39, 0.29) is 5.82 Å². The average molecular weight is 253 g/mol. The number of aromatic amines is 1. The lowest BCUT2D eigenvalue weighted by atomic mass is 10.1. The fourth-order valence-electron chi connectivity index (χ4n) is 1.48. The van der Waals surface area contributed by atoms with Gasteiger partial charge in [-0.25, -0.2) is 4.39 Å². The molecule has 2 aromatic rings. The minimum Gasteiger partial charge on any atom is -0.361 e. The molecule has 0 aliphatic heterocycles. The van der Waals surface area contributed by atoms with Gasteiger partial charge in [0.05, 0.1) is 12.5 Å². The minimum absolute atomic E-state index is 0.297. The van der Waals surface area contributed by atoms with Gasteiger partial charge in [-0.05, 0) is 33.6 Å². The number of nitrogens with one attached hydrogen (secondary N) is 1. The highest BCUT2D eigenvalue weighted by molar-refractivity contribution is 9.10. The third-order valence-electron chi connectivity index (χ3n) is 2.05. The average Bonchev–Trinajstić information content (AvgIpc) is 2.49. The summed E-state index contributed by atoms with van der Waals surface area (Å²) < 4.78 is 13.7. The van der Waals surface area contributed by atoms with Gasteiger partial charge in [-0.3, -0.25) is 0 Å². The van der Waals surface area contributed by atoms with Crippen LogP contribution in [0.3, 0.4) is 0 Å². The zero-order valence-corrected chi connectivity index (χ0v) is 8.73. The maximum Gasteiger partial charge on any atom is 0.126 e. The summed E-state index contributed by atoms with van der Waals surface area (Å²) >= 11 is 3.28. The van der Waals surface area contributed by atoms with Crippen LogP contribution in [-0.2, 0) is 6.42 Å². The number of hydrogen-bond acceptors (Lipinski definition) is 1. The van der Waals surface area contributed by atoms with Crippen LogP contribution in [0.25, 0.3) is 10.9 Å². The summed E-state index contributed by atoms with van der Waals surface area (Å²) in [6.07, 6.45) is 2.06. The van der Waals surface area contributed by atoms with Crippen molar-refractivity contribution in [2.45, 2.75) is 6.42 Å². The lowest BCUT2D eigenvalue weighted by molar-refractivity contribution is 0.628. The van der Waals surface area contributed by atoms with Crippen LogP contribution in [0, 0.1) is 17.1 Å². The molecule has 1 heterocycles. The molecule has 0 aliphatic carbocycles. The molecule has 0 amide bonds. The van der Waals surface area contributed by atoms with E-state index in [0.717, 1.165) is 10.9 Å². The van der Waals surface area contributed by atoms with Gasteiger partial charge in [-0.2, -0.15) is 5.26 Å². The van der Waals surface area contributed by atoms with Gasteiger partial charge in [-0.1, -0.05) is 0 Å². The van der Waals surface area contributed by atoms with Gasteiger partial charge in [0.15, 0.2) is 0 Å². The highest BCUT2D eigenvalue weighted by atomic mass is 79.9. The van der Waals surface area contributed by atoms with Crippen LogP contribution < -0.4 is 0 Å². The van der Waals surface area contributed by atoms with Crippen molar-refractivity contribution in [2.24, 2.45) is 0 Å². The van der Waals surface area contributed by atoms with Crippen LogP contribution in [0.4, 0.5) is 4.39 Å². The summed E-state index contributed by atoms with van der Waals surface area (Å²) in [4.78, 5) is 2.93. The number of aromatic nitrogens is 1. The van der Waals surface area contributed by atoms with E-state index in [4.69, 9.17) is 5.26 Å². The van der Waals surface area contributed by atoms with Gasteiger partial charge >= 0.3 is 0 Å². The molecule has 4 heteroatoms. The first kappa shape index (κ1) is 9.22. The number of nitriles is 1. The van der Waals surface area contributed by atoms with Crippen LogP contribution in [-0.4, -0.2) is 4.98 Å². The van der Waals surface area contributed by atoms with E-state index in [1.165, 1.54) is 12.1 Å². The number of nitrogens with zero attached hydrogens (tertiary/aromatic N) is 1. The molecular formula is C10H6BrFN2. The van der Waals surface area contributed by atoms with E-state index in [9.17, 15) is 4.39 Å². The molecule has 0 spiro atoms. The van der Waals surface area contributed by atoms with Crippen LogP contribution in [0.15, 0.2) is 22.8 Å². The number of benzene rings is 1. The number of hydrogen-bond donors (Lipinski definition) is 1. The number of halogens is 2. The van der Waals surface area contributed by atoms with Crippen molar-refractivity contribution in [3.8, 4) is 6.07 Å². The molecule has 0 atom stereocenters. The van der Waals surface area contributed by atoms with Crippen LogP contribution in [0.2, 0.25) is 0 Å². The van der Waals surface area contributed by atoms with Crippen molar-refractivity contribution >= 4 is 26.8 Å². The summed E-state index contributed by atoms with van der Waals surface area (Å²) in [5, 5.41) is 9.47. The van der Waals surface area contributed by atoms with Crippen LogP contribution >= 0.6 is 15.9 Å². The second-order valence-electron chi connectivity index (χ2n) is 2.96. The van der Waals surface area contributed by atoms with Crippen LogP contribution in [0.1, 0.15) is 5.56 Å².